The summed E-state index contributed by atoms with van der Waals surface area (Å²) in [6, 6.07) is 8.59. The van der Waals surface area contributed by atoms with Crippen LogP contribution in [0.1, 0.15) is 18.0 Å². The maximum absolute atomic E-state index is 12.1. The van der Waals surface area contributed by atoms with E-state index in [0.29, 0.717) is 50.2 Å². The molecule has 1 aromatic carbocycles. The van der Waals surface area contributed by atoms with Crippen molar-refractivity contribution in [2.24, 2.45) is 0 Å². The van der Waals surface area contributed by atoms with Crippen LogP contribution >= 0.6 is 0 Å². The van der Waals surface area contributed by atoms with E-state index in [1.807, 2.05) is 23.1 Å². The third kappa shape index (κ3) is 4.10. The van der Waals surface area contributed by atoms with E-state index in [2.05, 4.69) is 11.0 Å². The molecule has 142 valence electrons. The van der Waals surface area contributed by atoms with Crippen molar-refractivity contribution in [2.75, 3.05) is 32.7 Å². The van der Waals surface area contributed by atoms with Crippen LogP contribution in [0.25, 0.3) is 10.9 Å². The molecule has 1 fully saturated rings. The summed E-state index contributed by atoms with van der Waals surface area (Å²) < 4.78 is 1.59. The molecule has 0 unspecified atom stereocenters. The molecule has 1 aromatic heterocycles. The third-order valence-electron chi connectivity index (χ3n) is 4.97. The predicted octanol–water partition coefficient (Wildman–Crippen LogP) is 1.38. The Labute approximate surface area is 156 Å². The minimum atomic E-state index is -0.972. The predicted molar refractivity (Wildman–Crippen MR) is 98.2 cm³/mol. The number of carboxylic acids is 2. The van der Waals surface area contributed by atoms with Crippen LogP contribution < -0.4 is 0 Å². The molecule has 1 aliphatic heterocycles. The molecule has 8 nitrogen and oxygen atoms in total. The minimum Gasteiger partial charge on any atom is -0.480 e. The molecule has 3 rings (SSSR count). The smallest absolute Gasteiger partial charge is 0.325 e. The summed E-state index contributed by atoms with van der Waals surface area (Å²) >= 11 is 0. The first-order valence-electron chi connectivity index (χ1n) is 8.87. The summed E-state index contributed by atoms with van der Waals surface area (Å²) in [5.74, 6) is -1.92. The lowest BCUT2D eigenvalue weighted by atomic mass is 10.0. The summed E-state index contributed by atoms with van der Waals surface area (Å²) in [5.41, 5.74) is 1.33. The standard InChI is InChI=1S/C19H22N4O4/c20-6-3-7-21-8-10-22(11-9-21)18(19(26)27)15-12-23(13-17(24)25)16-5-2-1-4-14(15)16/h1-2,4-5,12,18H,3,7-11,13H2,(H,24,25)(H,26,27)/t18-/m1/s1. The Morgan fingerprint density at radius 1 is 1.15 bits per heavy atom. The van der Waals surface area contributed by atoms with E-state index in [9.17, 15) is 14.7 Å². The van der Waals surface area contributed by atoms with Crippen molar-refractivity contribution in [1.82, 2.24) is 14.4 Å². The molecule has 0 saturated carbocycles. The molecule has 2 N–H and O–H groups in total. The van der Waals surface area contributed by atoms with Gasteiger partial charge in [-0.2, -0.15) is 5.26 Å². The summed E-state index contributed by atoms with van der Waals surface area (Å²) in [5, 5.41) is 28.5. The lowest BCUT2D eigenvalue weighted by Gasteiger charge is -2.37. The molecule has 1 aliphatic rings. The van der Waals surface area contributed by atoms with Gasteiger partial charge in [0, 0.05) is 61.8 Å². The highest BCUT2D eigenvalue weighted by molar-refractivity contribution is 5.90. The molecule has 0 bridgehead atoms. The zero-order valence-corrected chi connectivity index (χ0v) is 14.9. The van der Waals surface area contributed by atoms with E-state index in [4.69, 9.17) is 10.4 Å². The molecular weight excluding hydrogens is 348 g/mol. The van der Waals surface area contributed by atoms with Crippen LogP contribution in [0, 0.1) is 11.3 Å². The van der Waals surface area contributed by atoms with Gasteiger partial charge in [0.2, 0.25) is 0 Å². The van der Waals surface area contributed by atoms with Crippen LogP contribution in [-0.4, -0.2) is 69.2 Å². The fourth-order valence-corrected chi connectivity index (χ4v) is 3.71. The monoisotopic (exact) mass is 370 g/mol. The average Bonchev–Trinajstić information content (AvgIpc) is 2.99. The summed E-state index contributed by atoms with van der Waals surface area (Å²) in [4.78, 5) is 27.4. The Morgan fingerprint density at radius 3 is 2.48 bits per heavy atom. The number of aliphatic carboxylic acids is 2. The van der Waals surface area contributed by atoms with E-state index in [-0.39, 0.29) is 6.54 Å². The highest BCUT2D eigenvalue weighted by Crippen LogP contribution is 2.31. The van der Waals surface area contributed by atoms with Gasteiger partial charge < -0.3 is 14.8 Å². The number of benzene rings is 1. The molecule has 0 aliphatic carbocycles. The molecule has 0 spiro atoms. The van der Waals surface area contributed by atoms with Crippen molar-refractivity contribution in [3.8, 4) is 6.07 Å². The number of nitriles is 1. The SMILES string of the molecule is N#CCCN1CCN([C@@H](C(=O)O)c2cn(CC(=O)O)c3ccccc23)CC1. The lowest BCUT2D eigenvalue weighted by molar-refractivity contribution is -0.144. The van der Waals surface area contributed by atoms with E-state index in [0.717, 1.165) is 5.39 Å². The third-order valence-corrected chi connectivity index (χ3v) is 4.97. The van der Waals surface area contributed by atoms with Crippen LogP contribution in [0.2, 0.25) is 0 Å². The molecule has 8 heteroatoms. The van der Waals surface area contributed by atoms with E-state index in [1.54, 1.807) is 16.8 Å². The minimum absolute atomic E-state index is 0.214. The maximum atomic E-state index is 12.1. The second-order valence-corrected chi connectivity index (χ2v) is 6.65. The lowest BCUT2D eigenvalue weighted by Crippen LogP contribution is -2.49. The first-order valence-corrected chi connectivity index (χ1v) is 8.87. The number of piperazine rings is 1. The summed E-state index contributed by atoms with van der Waals surface area (Å²) in [6.45, 7) is 3.06. The van der Waals surface area contributed by atoms with Gasteiger partial charge >= 0.3 is 11.9 Å². The van der Waals surface area contributed by atoms with Crippen molar-refractivity contribution in [3.05, 3.63) is 36.0 Å². The Bertz CT molecular complexity index is 877. The normalized spacial score (nSPS) is 16.9. The number of aromatic nitrogens is 1. The number of carboxylic acid groups (broad SMARTS) is 2. The van der Waals surface area contributed by atoms with Crippen molar-refractivity contribution < 1.29 is 19.8 Å². The van der Waals surface area contributed by atoms with Crippen LogP contribution in [0.4, 0.5) is 0 Å². The first kappa shape index (κ1) is 18.9. The topological polar surface area (TPSA) is 110 Å². The van der Waals surface area contributed by atoms with Gasteiger partial charge in [-0.1, -0.05) is 18.2 Å². The maximum Gasteiger partial charge on any atom is 0.325 e. The summed E-state index contributed by atoms with van der Waals surface area (Å²) in [7, 11) is 0. The Kier molecular flexibility index (Phi) is 5.74. The number of fused-ring (bicyclic) bond motifs is 1. The average molecular weight is 370 g/mol. The van der Waals surface area contributed by atoms with Gasteiger partial charge in [-0.05, 0) is 6.07 Å². The van der Waals surface area contributed by atoms with Crippen LogP contribution in [0.5, 0.6) is 0 Å². The van der Waals surface area contributed by atoms with Crippen molar-refractivity contribution >= 4 is 22.8 Å². The number of carbonyl (C=O) groups is 2. The molecular formula is C19H22N4O4. The zero-order chi connectivity index (χ0) is 19.4. The van der Waals surface area contributed by atoms with E-state index < -0.39 is 18.0 Å². The first-order chi connectivity index (χ1) is 13.0. The molecule has 1 saturated heterocycles. The number of para-hydroxylation sites is 1. The number of hydrogen-bond acceptors (Lipinski definition) is 5. The Balaban J connectivity index is 1.89. The van der Waals surface area contributed by atoms with Crippen molar-refractivity contribution in [3.63, 3.8) is 0 Å². The number of hydrogen-bond donors (Lipinski definition) is 2. The molecule has 0 radical (unpaired) electrons. The van der Waals surface area contributed by atoms with Gasteiger partial charge in [0.15, 0.2) is 0 Å². The van der Waals surface area contributed by atoms with E-state index in [1.165, 1.54) is 0 Å². The van der Waals surface area contributed by atoms with Crippen molar-refractivity contribution in [1.29, 1.82) is 5.26 Å². The number of nitrogens with zero attached hydrogens (tertiary/aromatic N) is 4. The van der Waals surface area contributed by atoms with Crippen LogP contribution in [0.3, 0.4) is 0 Å². The summed E-state index contributed by atoms with van der Waals surface area (Å²) in [6.07, 6.45) is 2.12. The van der Waals surface area contributed by atoms with Gasteiger partial charge in [0.1, 0.15) is 12.6 Å². The largest absolute Gasteiger partial charge is 0.480 e. The van der Waals surface area contributed by atoms with Crippen LogP contribution in [0.15, 0.2) is 30.5 Å². The second kappa shape index (κ2) is 8.20. The van der Waals surface area contributed by atoms with Gasteiger partial charge in [-0.25, -0.2) is 0 Å². The van der Waals surface area contributed by atoms with Gasteiger partial charge in [0.05, 0.1) is 6.07 Å². The van der Waals surface area contributed by atoms with Gasteiger partial charge in [-0.3, -0.25) is 19.4 Å². The highest BCUT2D eigenvalue weighted by atomic mass is 16.4. The molecule has 27 heavy (non-hydrogen) atoms. The Morgan fingerprint density at radius 2 is 1.85 bits per heavy atom. The molecule has 1 atom stereocenters. The Hall–Kier alpha value is -2.89. The van der Waals surface area contributed by atoms with Crippen molar-refractivity contribution in [2.45, 2.75) is 19.0 Å². The molecule has 0 amide bonds. The fourth-order valence-electron chi connectivity index (χ4n) is 3.71. The van der Waals surface area contributed by atoms with Crippen LogP contribution in [-0.2, 0) is 16.1 Å². The molecule has 2 heterocycles. The van der Waals surface area contributed by atoms with Gasteiger partial charge in [-0.15, -0.1) is 0 Å². The second-order valence-electron chi connectivity index (χ2n) is 6.65. The number of rotatable bonds is 7. The van der Waals surface area contributed by atoms with E-state index >= 15 is 0 Å². The quantitative estimate of drug-likeness (QED) is 0.758. The molecule has 2 aromatic rings. The fraction of sp³-hybridized carbons (Fsp3) is 0.421. The zero-order valence-electron chi connectivity index (χ0n) is 14.9. The highest BCUT2D eigenvalue weighted by Gasteiger charge is 2.32. The van der Waals surface area contributed by atoms with Gasteiger partial charge in [0.25, 0.3) is 0 Å².